The van der Waals surface area contributed by atoms with Crippen molar-refractivity contribution in [3.05, 3.63) is 35.4 Å². The van der Waals surface area contributed by atoms with Crippen LogP contribution in [0.4, 0.5) is 4.79 Å². The molecule has 132 valence electrons. The molecule has 1 aromatic carbocycles. The number of aliphatic hydroxyl groups is 1. The Bertz CT molecular complexity index is 590. The predicted molar refractivity (Wildman–Crippen MR) is 89.0 cm³/mol. The van der Waals surface area contributed by atoms with Crippen LogP contribution in [0.2, 0.25) is 0 Å². The fraction of sp³-hybridized carbons (Fsp3) is 0.556. The third kappa shape index (κ3) is 4.47. The normalized spacial score (nSPS) is 21.3. The van der Waals surface area contributed by atoms with Crippen LogP contribution >= 0.6 is 0 Å². The molecule has 2 rings (SSSR count). The van der Waals surface area contributed by atoms with E-state index in [0.29, 0.717) is 18.5 Å². The number of carbonyl (C=O) groups excluding carboxylic acids is 2. The monoisotopic (exact) mass is 335 g/mol. The topological polar surface area (TPSA) is 76.1 Å². The highest BCUT2D eigenvalue weighted by molar-refractivity contribution is 5.89. The number of aliphatic hydroxyl groups excluding tert-OH is 1. The summed E-state index contributed by atoms with van der Waals surface area (Å²) in [5.74, 6) is -0.461. The molecule has 1 aliphatic rings. The van der Waals surface area contributed by atoms with E-state index < -0.39 is 17.8 Å². The van der Waals surface area contributed by atoms with Gasteiger partial charge in [-0.3, -0.25) is 0 Å². The third-order valence-corrected chi connectivity index (χ3v) is 3.99. The van der Waals surface area contributed by atoms with Crippen LogP contribution in [0.3, 0.4) is 0 Å². The van der Waals surface area contributed by atoms with E-state index in [2.05, 4.69) is 4.74 Å². The molecule has 0 aromatic heterocycles. The number of esters is 1. The van der Waals surface area contributed by atoms with Crippen LogP contribution in [0.5, 0.6) is 0 Å². The van der Waals surface area contributed by atoms with Crippen molar-refractivity contribution in [1.29, 1.82) is 0 Å². The predicted octanol–water partition coefficient (Wildman–Crippen LogP) is 2.56. The number of hydrogen-bond acceptors (Lipinski definition) is 5. The number of likely N-dealkylation sites (tertiary alicyclic amines) is 1. The highest BCUT2D eigenvalue weighted by Crippen LogP contribution is 2.29. The first-order chi connectivity index (χ1) is 11.2. The molecule has 1 aliphatic heterocycles. The van der Waals surface area contributed by atoms with E-state index in [-0.39, 0.29) is 18.4 Å². The fourth-order valence-electron chi connectivity index (χ4n) is 2.80. The van der Waals surface area contributed by atoms with Crippen molar-refractivity contribution < 1.29 is 24.2 Å². The Hall–Kier alpha value is -2.08. The van der Waals surface area contributed by atoms with Crippen molar-refractivity contribution in [1.82, 2.24) is 4.90 Å². The number of piperidine rings is 1. The number of nitrogens with zero attached hydrogens (tertiary/aromatic N) is 1. The molecule has 1 amide bonds. The molecular weight excluding hydrogens is 310 g/mol. The summed E-state index contributed by atoms with van der Waals surface area (Å²) < 4.78 is 10.0. The number of hydrogen-bond donors (Lipinski definition) is 1. The molecule has 0 aliphatic carbocycles. The van der Waals surface area contributed by atoms with Crippen molar-refractivity contribution in [2.24, 2.45) is 0 Å². The maximum absolute atomic E-state index is 12.1. The quantitative estimate of drug-likeness (QED) is 0.841. The van der Waals surface area contributed by atoms with Crippen LogP contribution in [-0.2, 0) is 9.47 Å². The van der Waals surface area contributed by atoms with Gasteiger partial charge in [0.15, 0.2) is 0 Å². The van der Waals surface area contributed by atoms with Gasteiger partial charge >= 0.3 is 12.1 Å². The van der Waals surface area contributed by atoms with Gasteiger partial charge in [-0.1, -0.05) is 12.1 Å². The molecule has 1 N–H and O–H groups in total. The summed E-state index contributed by atoms with van der Waals surface area (Å²) in [6, 6.07) is 7.02. The third-order valence-electron chi connectivity index (χ3n) is 3.99. The van der Waals surface area contributed by atoms with Crippen LogP contribution in [-0.4, -0.2) is 54.0 Å². The van der Waals surface area contributed by atoms with Gasteiger partial charge in [0.2, 0.25) is 0 Å². The van der Waals surface area contributed by atoms with Gasteiger partial charge < -0.3 is 19.5 Å². The molecule has 2 unspecified atom stereocenters. The molecule has 0 radical (unpaired) electrons. The minimum atomic E-state index is -0.671. The lowest BCUT2D eigenvalue weighted by Crippen LogP contribution is -2.47. The van der Waals surface area contributed by atoms with Crippen LogP contribution in [0.25, 0.3) is 0 Å². The molecule has 0 saturated carbocycles. The average Bonchev–Trinajstić information content (AvgIpc) is 2.52. The lowest BCUT2D eigenvalue weighted by molar-refractivity contribution is -0.00153. The van der Waals surface area contributed by atoms with Crippen LogP contribution in [0, 0.1) is 0 Å². The SMILES string of the molecule is COC(=O)c1ccc(C2CCN(C(=O)OC(C)(C)C)CC2O)cc1. The molecule has 6 nitrogen and oxygen atoms in total. The second-order valence-corrected chi connectivity index (χ2v) is 7.00. The van der Waals surface area contributed by atoms with E-state index in [0.717, 1.165) is 5.56 Å². The summed E-state index contributed by atoms with van der Waals surface area (Å²) in [6.07, 6.45) is -0.436. The maximum Gasteiger partial charge on any atom is 0.410 e. The first kappa shape index (κ1) is 18.3. The minimum Gasteiger partial charge on any atom is -0.465 e. The Morgan fingerprint density at radius 1 is 1.21 bits per heavy atom. The van der Waals surface area contributed by atoms with Crippen molar-refractivity contribution in [2.45, 2.75) is 44.8 Å². The number of methoxy groups -OCH3 is 1. The molecular formula is C18H25NO5. The molecule has 24 heavy (non-hydrogen) atoms. The highest BCUT2D eigenvalue weighted by atomic mass is 16.6. The van der Waals surface area contributed by atoms with E-state index in [9.17, 15) is 14.7 Å². The molecule has 1 aromatic rings. The van der Waals surface area contributed by atoms with Gasteiger partial charge in [0.1, 0.15) is 5.60 Å². The van der Waals surface area contributed by atoms with Crippen LogP contribution < -0.4 is 0 Å². The second kappa shape index (κ2) is 7.21. The summed E-state index contributed by atoms with van der Waals surface area (Å²) in [5, 5.41) is 10.4. The van der Waals surface area contributed by atoms with E-state index >= 15 is 0 Å². The van der Waals surface area contributed by atoms with Gasteiger partial charge in [-0.2, -0.15) is 0 Å². The van der Waals surface area contributed by atoms with Gasteiger partial charge in [0.05, 0.1) is 25.3 Å². The standard InChI is InChI=1S/C18H25NO5/c1-18(2,3)24-17(22)19-10-9-14(15(20)11-19)12-5-7-13(8-6-12)16(21)23-4/h5-8,14-15,20H,9-11H2,1-4H3. The number of carbonyl (C=O) groups is 2. The van der Waals surface area contributed by atoms with Gasteiger partial charge in [-0.25, -0.2) is 9.59 Å². The molecule has 0 bridgehead atoms. The Morgan fingerprint density at radius 3 is 2.33 bits per heavy atom. The van der Waals surface area contributed by atoms with E-state index in [1.165, 1.54) is 12.0 Å². The van der Waals surface area contributed by atoms with Crippen LogP contribution in [0.15, 0.2) is 24.3 Å². The summed E-state index contributed by atoms with van der Waals surface area (Å²) in [7, 11) is 1.34. The van der Waals surface area contributed by atoms with E-state index in [4.69, 9.17) is 4.74 Å². The molecule has 2 atom stereocenters. The Kier molecular flexibility index (Phi) is 5.49. The summed E-state index contributed by atoms with van der Waals surface area (Å²) in [5.41, 5.74) is 0.865. The largest absolute Gasteiger partial charge is 0.465 e. The first-order valence-electron chi connectivity index (χ1n) is 8.05. The number of rotatable bonds is 2. The number of benzene rings is 1. The summed E-state index contributed by atoms with van der Waals surface area (Å²) >= 11 is 0. The zero-order chi connectivity index (χ0) is 17.9. The van der Waals surface area contributed by atoms with Crippen molar-refractivity contribution in [2.75, 3.05) is 20.2 Å². The number of ether oxygens (including phenoxy) is 2. The van der Waals surface area contributed by atoms with Gasteiger partial charge in [-0.05, 0) is 44.9 Å². The maximum atomic E-state index is 12.1. The van der Waals surface area contributed by atoms with E-state index in [1.54, 1.807) is 12.1 Å². The molecule has 6 heteroatoms. The zero-order valence-electron chi connectivity index (χ0n) is 14.6. The lowest BCUT2D eigenvalue weighted by atomic mass is 9.87. The second-order valence-electron chi connectivity index (χ2n) is 7.00. The van der Waals surface area contributed by atoms with Crippen molar-refractivity contribution >= 4 is 12.1 Å². The van der Waals surface area contributed by atoms with E-state index in [1.807, 2.05) is 32.9 Å². The molecule has 0 spiro atoms. The van der Waals surface area contributed by atoms with Gasteiger partial charge in [-0.15, -0.1) is 0 Å². The van der Waals surface area contributed by atoms with Crippen LogP contribution in [0.1, 0.15) is 49.0 Å². The average molecular weight is 335 g/mol. The molecule has 1 heterocycles. The Labute approximate surface area is 142 Å². The molecule has 1 fully saturated rings. The zero-order valence-corrected chi connectivity index (χ0v) is 14.6. The Morgan fingerprint density at radius 2 is 1.83 bits per heavy atom. The Balaban J connectivity index is 2.01. The number of β-amino-alcohol motifs (C(OH)–C–C–N with tert-alkyl or cyclic N) is 1. The first-order valence-corrected chi connectivity index (χ1v) is 8.05. The summed E-state index contributed by atoms with van der Waals surface area (Å²) in [4.78, 5) is 25.1. The summed E-state index contributed by atoms with van der Waals surface area (Å²) in [6.45, 7) is 6.21. The van der Waals surface area contributed by atoms with Crippen molar-refractivity contribution in [3.63, 3.8) is 0 Å². The van der Waals surface area contributed by atoms with Gasteiger partial charge in [0, 0.05) is 12.5 Å². The lowest BCUT2D eigenvalue weighted by Gasteiger charge is -2.36. The van der Waals surface area contributed by atoms with Gasteiger partial charge in [0.25, 0.3) is 0 Å². The smallest absolute Gasteiger partial charge is 0.410 e. The minimum absolute atomic E-state index is 0.0737. The highest BCUT2D eigenvalue weighted by Gasteiger charge is 2.33. The van der Waals surface area contributed by atoms with Crippen molar-refractivity contribution in [3.8, 4) is 0 Å². The molecule has 1 saturated heterocycles. The fourth-order valence-corrected chi connectivity index (χ4v) is 2.80. The number of amides is 1.